The molecule has 0 bridgehead atoms. The molecular formula is C25H30N2O3. The number of piperidine rings is 1. The number of nitrogens with zero attached hydrogens (tertiary/aromatic N) is 2. The first-order chi connectivity index (χ1) is 14.8. The summed E-state index contributed by atoms with van der Waals surface area (Å²) in [7, 11) is 0. The van der Waals surface area contributed by atoms with Crippen molar-refractivity contribution in [3.05, 3.63) is 59.7 Å². The van der Waals surface area contributed by atoms with Crippen molar-refractivity contribution >= 4 is 5.91 Å². The number of amides is 1. The summed E-state index contributed by atoms with van der Waals surface area (Å²) in [6, 6.07) is 17.1. The van der Waals surface area contributed by atoms with Crippen molar-refractivity contribution in [1.29, 1.82) is 0 Å². The minimum Gasteiger partial charge on any atom is -0.454 e. The Morgan fingerprint density at radius 3 is 2.40 bits per heavy atom. The van der Waals surface area contributed by atoms with Crippen LogP contribution in [0.25, 0.3) is 0 Å². The summed E-state index contributed by atoms with van der Waals surface area (Å²) in [4.78, 5) is 18.0. The number of fused-ring (bicyclic) bond motifs is 1. The fraction of sp³-hybridized carbons (Fsp3) is 0.480. The molecule has 3 heterocycles. The van der Waals surface area contributed by atoms with Gasteiger partial charge in [0.2, 0.25) is 12.7 Å². The SMILES string of the molecule is O=C(C[C@H](c1ccccc1)c1ccc2c(c1)OCO2)N1CCC(N2CCCC2)CC1. The molecule has 158 valence electrons. The van der Waals surface area contributed by atoms with E-state index in [4.69, 9.17) is 9.47 Å². The number of carbonyl (C=O) groups excluding carboxylic acids is 1. The molecule has 5 heteroatoms. The smallest absolute Gasteiger partial charge is 0.231 e. The first-order valence-electron chi connectivity index (χ1n) is 11.2. The number of hydrogen-bond acceptors (Lipinski definition) is 4. The van der Waals surface area contributed by atoms with Crippen molar-refractivity contribution in [2.75, 3.05) is 33.0 Å². The average Bonchev–Trinajstić information content (AvgIpc) is 3.49. The molecule has 2 aromatic rings. The average molecular weight is 407 g/mol. The van der Waals surface area contributed by atoms with Gasteiger partial charge >= 0.3 is 0 Å². The van der Waals surface area contributed by atoms with E-state index in [0.29, 0.717) is 12.5 Å². The fourth-order valence-corrected chi connectivity index (χ4v) is 5.13. The van der Waals surface area contributed by atoms with Gasteiger partial charge in [0, 0.05) is 31.5 Å². The van der Waals surface area contributed by atoms with Gasteiger partial charge in [0.25, 0.3) is 0 Å². The van der Waals surface area contributed by atoms with Gasteiger partial charge in [-0.3, -0.25) is 4.79 Å². The van der Waals surface area contributed by atoms with Crippen molar-refractivity contribution in [3.63, 3.8) is 0 Å². The molecule has 2 fully saturated rings. The Balaban J connectivity index is 1.30. The predicted molar refractivity (Wildman–Crippen MR) is 116 cm³/mol. The zero-order chi connectivity index (χ0) is 20.3. The molecule has 0 radical (unpaired) electrons. The first kappa shape index (κ1) is 19.4. The van der Waals surface area contributed by atoms with E-state index in [9.17, 15) is 4.79 Å². The lowest BCUT2D eigenvalue weighted by Crippen LogP contribution is -2.46. The van der Waals surface area contributed by atoms with E-state index >= 15 is 0 Å². The second-order valence-corrected chi connectivity index (χ2v) is 8.64. The minimum atomic E-state index is 0.0181. The third-order valence-corrected chi connectivity index (χ3v) is 6.85. The largest absolute Gasteiger partial charge is 0.454 e. The molecule has 5 nitrogen and oxygen atoms in total. The van der Waals surface area contributed by atoms with Gasteiger partial charge in [-0.25, -0.2) is 0 Å². The van der Waals surface area contributed by atoms with Crippen LogP contribution in [0, 0.1) is 0 Å². The number of ether oxygens (including phenoxy) is 2. The quantitative estimate of drug-likeness (QED) is 0.752. The molecule has 3 aliphatic heterocycles. The Kier molecular flexibility index (Phi) is 5.63. The molecule has 2 saturated heterocycles. The molecule has 1 amide bonds. The van der Waals surface area contributed by atoms with E-state index in [0.717, 1.165) is 48.6 Å². The highest BCUT2D eigenvalue weighted by atomic mass is 16.7. The molecule has 0 unspecified atom stereocenters. The summed E-state index contributed by atoms with van der Waals surface area (Å²) in [6.45, 7) is 4.49. The van der Waals surface area contributed by atoms with Crippen molar-refractivity contribution in [2.24, 2.45) is 0 Å². The van der Waals surface area contributed by atoms with Gasteiger partial charge in [0.05, 0.1) is 0 Å². The maximum atomic E-state index is 13.3. The van der Waals surface area contributed by atoms with E-state index in [-0.39, 0.29) is 18.6 Å². The van der Waals surface area contributed by atoms with Crippen LogP contribution in [0.1, 0.15) is 49.1 Å². The third-order valence-electron chi connectivity index (χ3n) is 6.85. The highest BCUT2D eigenvalue weighted by Crippen LogP contribution is 2.38. The van der Waals surface area contributed by atoms with Gasteiger partial charge in [-0.2, -0.15) is 0 Å². The Morgan fingerprint density at radius 2 is 1.63 bits per heavy atom. The van der Waals surface area contributed by atoms with Crippen LogP contribution in [0.3, 0.4) is 0 Å². The number of rotatable bonds is 5. The van der Waals surface area contributed by atoms with Crippen LogP contribution in [-0.4, -0.2) is 54.7 Å². The molecule has 5 rings (SSSR count). The molecule has 0 N–H and O–H groups in total. The third kappa shape index (κ3) is 4.04. The molecule has 0 aliphatic carbocycles. The second-order valence-electron chi connectivity index (χ2n) is 8.64. The summed E-state index contributed by atoms with van der Waals surface area (Å²) in [5, 5.41) is 0. The molecule has 3 aliphatic rings. The molecule has 30 heavy (non-hydrogen) atoms. The molecule has 0 saturated carbocycles. The Hall–Kier alpha value is -2.53. The lowest BCUT2D eigenvalue weighted by Gasteiger charge is -2.37. The Morgan fingerprint density at radius 1 is 0.900 bits per heavy atom. The van der Waals surface area contributed by atoms with Crippen LogP contribution in [0.2, 0.25) is 0 Å². The van der Waals surface area contributed by atoms with Gasteiger partial charge in [0.15, 0.2) is 11.5 Å². The number of benzene rings is 2. The topological polar surface area (TPSA) is 42.0 Å². The van der Waals surface area contributed by atoms with E-state index in [1.54, 1.807) is 0 Å². The summed E-state index contributed by atoms with van der Waals surface area (Å²) in [6.07, 6.45) is 5.34. The fourth-order valence-electron chi connectivity index (χ4n) is 5.13. The second kappa shape index (κ2) is 8.68. The van der Waals surface area contributed by atoms with E-state index < -0.39 is 0 Å². The van der Waals surface area contributed by atoms with Crippen molar-refractivity contribution in [2.45, 2.75) is 44.1 Å². The Labute approximate surface area is 178 Å². The summed E-state index contributed by atoms with van der Waals surface area (Å²) >= 11 is 0. The number of likely N-dealkylation sites (tertiary alicyclic amines) is 2. The van der Waals surface area contributed by atoms with Crippen LogP contribution in [0.15, 0.2) is 48.5 Å². The monoisotopic (exact) mass is 406 g/mol. The number of carbonyl (C=O) groups is 1. The lowest BCUT2D eigenvalue weighted by molar-refractivity contribution is -0.133. The lowest BCUT2D eigenvalue weighted by atomic mass is 9.87. The van der Waals surface area contributed by atoms with Crippen LogP contribution in [-0.2, 0) is 4.79 Å². The van der Waals surface area contributed by atoms with Crippen molar-refractivity contribution in [3.8, 4) is 11.5 Å². The Bertz CT molecular complexity index is 871. The van der Waals surface area contributed by atoms with Crippen LogP contribution < -0.4 is 9.47 Å². The van der Waals surface area contributed by atoms with Gasteiger partial charge < -0.3 is 19.3 Å². The summed E-state index contributed by atoms with van der Waals surface area (Å²) < 4.78 is 11.1. The number of hydrogen-bond donors (Lipinski definition) is 0. The molecule has 1 atom stereocenters. The van der Waals surface area contributed by atoms with Gasteiger partial charge in [-0.05, 0) is 62.0 Å². The highest BCUT2D eigenvalue weighted by Gasteiger charge is 2.30. The standard InChI is InChI=1S/C25H30N2O3/c28-25(27-14-10-21(11-15-27)26-12-4-5-13-26)17-22(19-6-2-1-3-7-19)20-8-9-23-24(16-20)30-18-29-23/h1-3,6-9,16,21-22H,4-5,10-15,17-18H2/t22-/m1/s1. The molecular weight excluding hydrogens is 376 g/mol. The zero-order valence-corrected chi connectivity index (χ0v) is 17.5. The van der Waals surface area contributed by atoms with Crippen LogP contribution in [0.5, 0.6) is 11.5 Å². The van der Waals surface area contributed by atoms with Gasteiger partial charge in [-0.1, -0.05) is 36.4 Å². The molecule has 0 aromatic heterocycles. The van der Waals surface area contributed by atoms with Crippen LogP contribution >= 0.6 is 0 Å². The minimum absolute atomic E-state index is 0.0181. The van der Waals surface area contributed by atoms with Crippen LogP contribution in [0.4, 0.5) is 0 Å². The predicted octanol–water partition coefficient (Wildman–Crippen LogP) is 4.02. The van der Waals surface area contributed by atoms with Gasteiger partial charge in [0.1, 0.15) is 0 Å². The normalized spacial score (nSPS) is 20.5. The maximum absolute atomic E-state index is 13.3. The zero-order valence-electron chi connectivity index (χ0n) is 17.5. The van der Waals surface area contributed by atoms with E-state index in [2.05, 4.69) is 28.0 Å². The molecule has 2 aromatic carbocycles. The van der Waals surface area contributed by atoms with Crippen molar-refractivity contribution in [1.82, 2.24) is 9.80 Å². The van der Waals surface area contributed by atoms with E-state index in [1.165, 1.54) is 25.9 Å². The summed E-state index contributed by atoms with van der Waals surface area (Å²) in [5.41, 5.74) is 2.27. The van der Waals surface area contributed by atoms with Gasteiger partial charge in [-0.15, -0.1) is 0 Å². The molecule has 0 spiro atoms. The van der Waals surface area contributed by atoms with E-state index in [1.807, 2.05) is 30.3 Å². The highest BCUT2D eigenvalue weighted by molar-refractivity contribution is 5.78. The summed E-state index contributed by atoms with van der Waals surface area (Å²) in [5.74, 6) is 1.82. The van der Waals surface area contributed by atoms with Crippen molar-refractivity contribution < 1.29 is 14.3 Å². The maximum Gasteiger partial charge on any atom is 0.231 e. The first-order valence-corrected chi connectivity index (χ1v) is 11.2.